The highest BCUT2D eigenvalue weighted by Crippen LogP contribution is 2.23. The number of hydrogen-bond donors (Lipinski definition) is 0. The maximum Gasteiger partial charge on any atom is 0.0941 e. The fourth-order valence-electron chi connectivity index (χ4n) is 2.39. The Hall–Kier alpha value is -0.960. The van der Waals surface area contributed by atoms with Crippen molar-refractivity contribution in [1.82, 2.24) is 4.90 Å². The van der Waals surface area contributed by atoms with Gasteiger partial charge in [-0.05, 0) is 25.0 Å². The van der Waals surface area contributed by atoms with Gasteiger partial charge in [0.05, 0.1) is 6.67 Å². The Morgan fingerprint density at radius 3 is 2.58 bits per heavy atom. The van der Waals surface area contributed by atoms with Gasteiger partial charge in [-0.15, -0.1) is 17.0 Å². The normalized spacial score (nSPS) is 13.8. The zero-order valence-corrected chi connectivity index (χ0v) is 13.7. The zero-order chi connectivity index (χ0) is 12.8. The van der Waals surface area contributed by atoms with Crippen LogP contribution in [0, 0.1) is 6.92 Å². The highest BCUT2D eigenvalue weighted by molar-refractivity contribution is 8.93. The molecule has 3 heteroatoms. The van der Waals surface area contributed by atoms with Gasteiger partial charge in [0.1, 0.15) is 0 Å². The molecule has 1 aromatic rings. The summed E-state index contributed by atoms with van der Waals surface area (Å²) >= 11 is 0. The van der Waals surface area contributed by atoms with Gasteiger partial charge in [0.2, 0.25) is 0 Å². The van der Waals surface area contributed by atoms with E-state index in [1.165, 1.54) is 43.5 Å². The van der Waals surface area contributed by atoms with Crippen molar-refractivity contribution in [2.24, 2.45) is 0 Å². The Kier molecular flexibility index (Phi) is 7.00. The lowest BCUT2D eigenvalue weighted by Gasteiger charge is -2.22. The highest BCUT2D eigenvalue weighted by Gasteiger charge is 2.14. The number of benzene rings is 1. The summed E-state index contributed by atoms with van der Waals surface area (Å²) in [6.45, 7) is 6.61. The Labute approximate surface area is 127 Å². The molecule has 0 atom stereocenters. The third-order valence-corrected chi connectivity index (χ3v) is 3.52. The molecule has 1 aliphatic heterocycles. The van der Waals surface area contributed by atoms with E-state index < -0.39 is 0 Å². The lowest BCUT2D eigenvalue weighted by atomic mass is 10.2. The number of aryl methyl sites for hydroxylation is 1. The molecule has 0 fully saturated rings. The Balaban J connectivity index is 0.00000180. The predicted molar refractivity (Wildman–Crippen MR) is 88.8 cm³/mol. The van der Waals surface area contributed by atoms with Gasteiger partial charge < -0.3 is 9.80 Å². The van der Waals surface area contributed by atoms with Crippen LogP contribution in [0.1, 0.15) is 38.2 Å². The average Bonchev–Trinajstić information content (AvgIpc) is 2.84. The molecular formula is C16H25BrN2. The lowest BCUT2D eigenvalue weighted by molar-refractivity contribution is 0.389. The number of unbranched alkanes of at least 4 members (excludes halogenated alkanes) is 3. The number of anilines is 1. The van der Waals surface area contributed by atoms with Crippen LogP contribution >= 0.6 is 17.0 Å². The van der Waals surface area contributed by atoms with Gasteiger partial charge in [-0.3, -0.25) is 0 Å². The highest BCUT2D eigenvalue weighted by atomic mass is 79.9. The molecule has 0 aliphatic carbocycles. The maximum absolute atomic E-state index is 2.40. The van der Waals surface area contributed by atoms with E-state index in [-0.39, 0.29) is 17.0 Å². The summed E-state index contributed by atoms with van der Waals surface area (Å²) in [5, 5.41) is 0. The summed E-state index contributed by atoms with van der Waals surface area (Å²) in [6, 6.07) is 8.58. The van der Waals surface area contributed by atoms with Crippen molar-refractivity contribution < 1.29 is 0 Å². The Morgan fingerprint density at radius 1 is 1.05 bits per heavy atom. The standard InChI is InChI=1S/C16H24N2.BrH/c1-3-4-5-8-11-17-12-13-18(14-17)16-10-7-6-9-15(16)2;/h6-7,9-10,12-13H,3-5,8,11,14H2,1-2H3;1H. The lowest BCUT2D eigenvalue weighted by Crippen LogP contribution is -2.26. The Morgan fingerprint density at radius 2 is 1.84 bits per heavy atom. The smallest absolute Gasteiger partial charge is 0.0941 e. The van der Waals surface area contributed by atoms with Crippen LogP contribution in [0.3, 0.4) is 0 Å². The van der Waals surface area contributed by atoms with Crippen LogP contribution in [-0.4, -0.2) is 18.1 Å². The quantitative estimate of drug-likeness (QED) is 0.699. The predicted octanol–water partition coefficient (Wildman–Crippen LogP) is 4.70. The van der Waals surface area contributed by atoms with E-state index in [9.17, 15) is 0 Å². The van der Waals surface area contributed by atoms with Gasteiger partial charge in [0.15, 0.2) is 0 Å². The van der Waals surface area contributed by atoms with E-state index in [4.69, 9.17) is 0 Å². The van der Waals surface area contributed by atoms with Gasteiger partial charge in [0, 0.05) is 24.6 Å². The van der Waals surface area contributed by atoms with Gasteiger partial charge in [-0.25, -0.2) is 0 Å². The molecule has 0 saturated carbocycles. The summed E-state index contributed by atoms with van der Waals surface area (Å²) in [5.41, 5.74) is 2.67. The fraction of sp³-hybridized carbons (Fsp3) is 0.500. The van der Waals surface area contributed by atoms with Crippen LogP contribution in [0.5, 0.6) is 0 Å². The number of rotatable bonds is 6. The van der Waals surface area contributed by atoms with Crippen molar-refractivity contribution >= 4 is 22.7 Å². The van der Waals surface area contributed by atoms with E-state index in [0.717, 1.165) is 6.67 Å². The second kappa shape index (κ2) is 8.26. The van der Waals surface area contributed by atoms with Crippen molar-refractivity contribution in [2.75, 3.05) is 18.1 Å². The Bertz CT molecular complexity index is 403. The van der Waals surface area contributed by atoms with Gasteiger partial charge in [0.25, 0.3) is 0 Å². The van der Waals surface area contributed by atoms with Crippen LogP contribution in [-0.2, 0) is 0 Å². The van der Waals surface area contributed by atoms with Crippen LogP contribution < -0.4 is 4.90 Å². The summed E-state index contributed by atoms with van der Waals surface area (Å²) in [5.74, 6) is 0. The largest absolute Gasteiger partial charge is 0.358 e. The molecule has 0 spiro atoms. The van der Waals surface area contributed by atoms with E-state index in [1.807, 2.05) is 0 Å². The monoisotopic (exact) mass is 324 g/mol. The summed E-state index contributed by atoms with van der Waals surface area (Å²) < 4.78 is 0. The third kappa shape index (κ3) is 4.57. The van der Waals surface area contributed by atoms with E-state index in [0.29, 0.717) is 0 Å². The molecule has 0 N–H and O–H groups in total. The van der Waals surface area contributed by atoms with Crippen LogP contribution in [0.4, 0.5) is 5.69 Å². The minimum atomic E-state index is 0. The minimum Gasteiger partial charge on any atom is -0.358 e. The summed E-state index contributed by atoms with van der Waals surface area (Å²) in [4.78, 5) is 4.73. The molecule has 0 radical (unpaired) electrons. The van der Waals surface area contributed by atoms with Gasteiger partial charge >= 0.3 is 0 Å². The molecule has 0 unspecified atom stereocenters. The number of halogens is 1. The van der Waals surface area contributed by atoms with Crippen molar-refractivity contribution in [3.63, 3.8) is 0 Å². The first kappa shape index (κ1) is 16.1. The number of nitrogens with zero attached hydrogens (tertiary/aromatic N) is 2. The third-order valence-electron chi connectivity index (χ3n) is 3.52. The molecule has 2 nitrogen and oxygen atoms in total. The van der Waals surface area contributed by atoms with Crippen LogP contribution in [0.25, 0.3) is 0 Å². The van der Waals surface area contributed by atoms with Gasteiger partial charge in [-0.1, -0.05) is 44.4 Å². The second-order valence-corrected chi connectivity index (χ2v) is 5.07. The minimum absolute atomic E-state index is 0. The van der Waals surface area contributed by atoms with E-state index in [2.05, 4.69) is 60.3 Å². The molecule has 0 aromatic heterocycles. The molecular weight excluding hydrogens is 300 g/mol. The molecule has 0 bridgehead atoms. The molecule has 106 valence electrons. The first-order chi connectivity index (χ1) is 8.81. The first-order valence-corrected chi connectivity index (χ1v) is 7.06. The molecule has 1 aliphatic rings. The average molecular weight is 325 g/mol. The maximum atomic E-state index is 2.40. The fourth-order valence-corrected chi connectivity index (χ4v) is 2.39. The van der Waals surface area contributed by atoms with Crippen molar-refractivity contribution in [3.05, 3.63) is 42.2 Å². The van der Waals surface area contributed by atoms with Crippen molar-refractivity contribution in [1.29, 1.82) is 0 Å². The molecule has 1 heterocycles. The van der Waals surface area contributed by atoms with E-state index >= 15 is 0 Å². The number of hydrogen-bond acceptors (Lipinski definition) is 2. The molecule has 1 aromatic carbocycles. The summed E-state index contributed by atoms with van der Waals surface area (Å²) in [7, 11) is 0. The molecule has 0 saturated heterocycles. The van der Waals surface area contributed by atoms with Crippen molar-refractivity contribution in [2.45, 2.75) is 39.5 Å². The van der Waals surface area contributed by atoms with Crippen LogP contribution in [0.2, 0.25) is 0 Å². The zero-order valence-electron chi connectivity index (χ0n) is 12.0. The molecule has 0 amide bonds. The SMILES string of the molecule is Br.CCCCCCN1C=CN(c2ccccc2C)C1. The second-order valence-electron chi connectivity index (χ2n) is 5.07. The van der Waals surface area contributed by atoms with Gasteiger partial charge in [-0.2, -0.15) is 0 Å². The topological polar surface area (TPSA) is 6.48 Å². The summed E-state index contributed by atoms with van der Waals surface area (Å²) in [6.07, 6.45) is 9.75. The first-order valence-electron chi connectivity index (χ1n) is 7.06. The molecule has 19 heavy (non-hydrogen) atoms. The number of para-hydroxylation sites is 1. The van der Waals surface area contributed by atoms with Crippen LogP contribution in [0.15, 0.2) is 36.7 Å². The van der Waals surface area contributed by atoms with Crippen molar-refractivity contribution in [3.8, 4) is 0 Å². The van der Waals surface area contributed by atoms with E-state index in [1.54, 1.807) is 0 Å². The molecule has 2 rings (SSSR count).